The summed E-state index contributed by atoms with van der Waals surface area (Å²) < 4.78 is 1.12. The summed E-state index contributed by atoms with van der Waals surface area (Å²) in [6, 6.07) is 6.00. The molecular formula is C8H9N3S. The van der Waals surface area contributed by atoms with Crippen LogP contribution in [-0.2, 0) is 0 Å². The highest BCUT2D eigenvalue weighted by molar-refractivity contribution is 7.22. The van der Waals surface area contributed by atoms with Crippen LogP contribution in [0.2, 0.25) is 0 Å². The first-order valence-corrected chi connectivity index (χ1v) is 4.45. The minimum atomic E-state index is 0.623. The van der Waals surface area contributed by atoms with Crippen molar-refractivity contribution < 1.29 is 0 Å². The number of hydrogen-bond donors (Lipinski definition) is 2. The van der Waals surface area contributed by atoms with E-state index in [1.54, 1.807) is 0 Å². The lowest BCUT2D eigenvalue weighted by atomic mass is 10.3. The Bertz CT molecular complexity index is 408. The maximum absolute atomic E-state index is 5.57. The molecule has 4 heteroatoms. The van der Waals surface area contributed by atoms with Crippen molar-refractivity contribution in [1.29, 1.82) is 0 Å². The van der Waals surface area contributed by atoms with Gasteiger partial charge in [0.15, 0.2) is 5.13 Å². The molecule has 0 aliphatic heterocycles. The highest BCUT2D eigenvalue weighted by Gasteiger charge is 2.00. The number of nitrogens with zero attached hydrogens (tertiary/aromatic N) is 1. The van der Waals surface area contributed by atoms with Crippen LogP contribution in [0.15, 0.2) is 18.2 Å². The number of benzene rings is 1. The number of thiazole rings is 1. The number of rotatable bonds is 1. The molecule has 0 unspecified atom stereocenters. The smallest absolute Gasteiger partial charge is 0.181 e. The normalized spacial score (nSPS) is 10.4. The summed E-state index contributed by atoms with van der Waals surface area (Å²) in [5.74, 6) is 0. The van der Waals surface area contributed by atoms with Crippen LogP contribution in [0.5, 0.6) is 0 Å². The molecule has 0 aliphatic rings. The molecule has 2 rings (SSSR count). The molecule has 0 atom stereocenters. The number of nitrogen functional groups attached to an aromatic ring is 1. The first kappa shape index (κ1) is 7.36. The third kappa shape index (κ3) is 1.10. The molecule has 0 saturated heterocycles. The van der Waals surface area contributed by atoms with E-state index in [1.165, 1.54) is 11.3 Å². The van der Waals surface area contributed by atoms with Gasteiger partial charge in [-0.1, -0.05) is 11.3 Å². The fraction of sp³-hybridized carbons (Fsp3) is 0.125. The SMILES string of the molecule is CNc1ccc2nc(N)sc2c1. The topological polar surface area (TPSA) is 50.9 Å². The van der Waals surface area contributed by atoms with Gasteiger partial charge in [-0.15, -0.1) is 0 Å². The average Bonchev–Trinajstić information content (AvgIpc) is 2.43. The molecule has 0 spiro atoms. The molecule has 0 amide bonds. The Kier molecular flexibility index (Phi) is 1.62. The van der Waals surface area contributed by atoms with Crippen molar-refractivity contribution in [3.05, 3.63) is 18.2 Å². The summed E-state index contributed by atoms with van der Waals surface area (Å²) in [4.78, 5) is 4.16. The Hall–Kier alpha value is -1.29. The van der Waals surface area contributed by atoms with Gasteiger partial charge in [0.1, 0.15) is 0 Å². The molecule has 0 saturated carbocycles. The standard InChI is InChI=1S/C8H9N3S/c1-10-5-2-3-6-7(4-5)12-8(9)11-6/h2-4,10H,1H3,(H2,9,11). The van der Waals surface area contributed by atoms with Gasteiger partial charge in [0.05, 0.1) is 10.2 Å². The molecular weight excluding hydrogens is 170 g/mol. The number of hydrogen-bond acceptors (Lipinski definition) is 4. The van der Waals surface area contributed by atoms with Crippen LogP contribution in [0.3, 0.4) is 0 Å². The number of nitrogens with two attached hydrogens (primary N) is 1. The van der Waals surface area contributed by atoms with Gasteiger partial charge in [0, 0.05) is 12.7 Å². The molecule has 0 radical (unpaired) electrons. The van der Waals surface area contributed by atoms with E-state index in [1.807, 2.05) is 25.2 Å². The van der Waals surface area contributed by atoms with Crippen LogP contribution in [0.25, 0.3) is 10.2 Å². The molecule has 1 aromatic carbocycles. The number of nitrogens with one attached hydrogen (secondary N) is 1. The zero-order valence-electron chi connectivity index (χ0n) is 6.66. The molecule has 1 aromatic heterocycles. The van der Waals surface area contributed by atoms with Crippen molar-refractivity contribution in [3.8, 4) is 0 Å². The molecule has 3 nitrogen and oxygen atoms in total. The molecule has 2 aromatic rings. The lowest BCUT2D eigenvalue weighted by Gasteiger charge is -1.96. The Morgan fingerprint density at radius 1 is 1.50 bits per heavy atom. The summed E-state index contributed by atoms with van der Waals surface area (Å²) in [6.07, 6.45) is 0. The van der Waals surface area contributed by atoms with Crippen molar-refractivity contribution in [2.24, 2.45) is 0 Å². The largest absolute Gasteiger partial charge is 0.388 e. The lowest BCUT2D eigenvalue weighted by Crippen LogP contribution is -1.85. The quantitative estimate of drug-likeness (QED) is 0.703. The highest BCUT2D eigenvalue weighted by Crippen LogP contribution is 2.25. The van der Waals surface area contributed by atoms with Crippen molar-refractivity contribution >= 4 is 32.4 Å². The number of aromatic nitrogens is 1. The maximum Gasteiger partial charge on any atom is 0.181 e. The second-order valence-corrected chi connectivity index (χ2v) is 3.55. The van der Waals surface area contributed by atoms with Crippen LogP contribution in [-0.4, -0.2) is 12.0 Å². The first-order chi connectivity index (χ1) is 5.79. The molecule has 1 heterocycles. The van der Waals surface area contributed by atoms with Crippen LogP contribution in [0, 0.1) is 0 Å². The Morgan fingerprint density at radius 2 is 2.33 bits per heavy atom. The minimum absolute atomic E-state index is 0.623. The molecule has 12 heavy (non-hydrogen) atoms. The monoisotopic (exact) mass is 179 g/mol. The second kappa shape index (κ2) is 2.64. The fourth-order valence-corrected chi connectivity index (χ4v) is 1.87. The summed E-state index contributed by atoms with van der Waals surface area (Å²) >= 11 is 1.51. The van der Waals surface area contributed by atoms with Gasteiger partial charge in [-0.05, 0) is 18.2 Å². The molecule has 0 aliphatic carbocycles. The van der Waals surface area contributed by atoms with E-state index in [2.05, 4.69) is 10.3 Å². The van der Waals surface area contributed by atoms with Crippen molar-refractivity contribution in [2.45, 2.75) is 0 Å². The Balaban J connectivity index is 2.66. The van der Waals surface area contributed by atoms with Crippen LogP contribution in [0.1, 0.15) is 0 Å². The van der Waals surface area contributed by atoms with E-state index in [9.17, 15) is 0 Å². The van der Waals surface area contributed by atoms with E-state index >= 15 is 0 Å². The minimum Gasteiger partial charge on any atom is -0.388 e. The highest BCUT2D eigenvalue weighted by atomic mass is 32.1. The molecule has 0 fully saturated rings. The first-order valence-electron chi connectivity index (χ1n) is 3.63. The maximum atomic E-state index is 5.57. The van der Waals surface area contributed by atoms with E-state index in [-0.39, 0.29) is 0 Å². The predicted octanol–water partition coefficient (Wildman–Crippen LogP) is 1.92. The predicted molar refractivity (Wildman–Crippen MR) is 53.6 cm³/mol. The van der Waals surface area contributed by atoms with E-state index in [4.69, 9.17) is 5.73 Å². The van der Waals surface area contributed by atoms with E-state index in [0.29, 0.717) is 5.13 Å². The fourth-order valence-electron chi connectivity index (χ4n) is 1.10. The third-order valence-corrected chi connectivity index (χ3v) is 2.54. The van der Waals surface area contributed by atoms with Crippen molar-refractivity contribution in [2.75, 3.05) is 18.1 Å². The second-order valence-electron chi connectivity index (χ2n) is 2.48. The molecule has 0 bridgehead atoms. The zero-order valence-corrected chi connectivity index (χ0v) is 7.48. The van der Waals surface area contributed by atoms with Gasteiger partial charge >= 0.3 is 0 Å². The third-order valence-electron chi connectivity index (χ3n) is 1.69. The van der Waals surface area contributed by atoms with Gasteiger partial charge in [0.25, 0.3) is 0 Å². The lowest BCUT2D eigenvalue weighted by molar-refractivity contribution is 1.48. The molecule has 3 N–H and O–H groups in total. The van der Waals surface area contributed by atoms with Gasteiger partial charge in [-0.2, -0.15) is 0 Å². The van der Waals surface area contributed by atoms with E-state index < -0.39 is 0 Å². The van der Waals surface area contributed by atoms with Crippen molar-refractivity contribution in [3.63, 3.8) is 0 Å². The summed E-state index contributed by atoms with van der Waals surface area (Å²) in [6.45, 7) is 0. The van der Waals surface area contributed by atoms with E-state index in [0.717, 1.165) is 15.9 Å². The van der Waals surface area contributed by atoms with Crippen LogP contribution < -0.4 is 11.1 Å². The Labute approximate surface area is 74.2 Å². The van der Waals surface area contributed by atoms with Gasteiger partial charge < -0.3 is 11.1 Å². The number of anilines is 2. The summed E-state index contributed by atoms with van der Waals surface area (Å²) in [7, 11) is 1.89. The number of fused-ring (bicyclic) bond motifs is 1. The van der Waals surface area contributed by atoms with Crippen molar-refractivity contribution in [1.82, 2.24) is 4.98 Å². The molecule has 62 valence electrons. The summed E-state index contributed by atoms with van der Waals surface area (Å²) in [5, 5.41) is 3.69. The van der Waals surface area contributed by atoms with Gasteiger partial charge in [0.2, 0.25) is 0 Å². The zero-order chi connectivity index (χ0) is 8.55. The van der Waals surface area contributed by atoms with Crippen LogP contribution in [0.4, 0.5) is 10.8 Å². The van der Waals surface area contributed by atoms with Gasteiger partial charge in [-0.25, -0.2) is 4.98 Å². The van der Waals surface area contributed by atoms with Gasteiger partial charge in [-0.3, -0.25) is 0 Å². The Morgan fingerprint density at radius 3 is 3.08 bits per heavy atom. The average molecular weight is 179 g/mol. The summed E-state index contributed by atoms with van der Waals surface area (Å²) in [5.41, 5.74) is 7.63. The van der Waals surface area contributed by atoms with Crippen LogP contribution >= 0.6 is 11.3 Å².